The number of rotatable bonds is 6. The zero-order chi connectivity index (χ0) is 16.7. The van der Waals surface area contributed by atoms with E-state index in [-0.39, 0.29) is 24.0 Å². The molecule has 1 aromatic rings. The van der Waals surface area contributed by atoms with Crippen molar-refractivity contribution in [2.75, 3.05) is 33.8 Å². The third kappa shape index (κ3) is 6.49. The number of ether oxygens (including phenoxy) is 1. The van der Waals surface area contributed by atoms with Crippen molar-refractivity contribution in [3.8, 4) is 5.75 Å². The van der Waals surface area contributed by atoms with Crippen LogP contribution >= 0.6 is 24.0 Å². The molecule has 136 valence electrons. The molecule has 1 unspecified atom stereocenters. The number of nitrogens with zero attached hydrogens (tertiary/aromatic N) is 2. The lowest BCUT2D eigenvalue weighted by molar-refractivity contribution is 0.403. The number of benzene rings is 1. The second-order valence-electron chi connectivity index (χ2n) is 6.80. The molecule has 1 N–H and O–H groups in total. The zero-order valence-corrected chi connectivity index (χ0v) is 17.7. The van der Waals surface area contributed by atoms with Gasteiger partial charge in [-0.1, -0.05) is 26.0 Å². The fourth-order valence-electron chi connectivity index (χ4n) is 3.33. The monoisotopic (exact) mass is 445 g/mol. The molecular weight excluding hydrogens is 413 g/mol. The Labute approximate surface area is 164 Å². The average molecular weight is 445 g/mol. The van der Waals surface area contributed by atoms with E-state index in [0.717, 1.165) is 49.6 Å². The molecule has 5 heteroatoms. The minimum Gasteiger partial charge on any atom is -0.497 e. The SMILES string of the molecule is CN=C(NCCc1ccc(OC)cc1)N1CCC(CC(C)C)C1.I. The second-order valence-corrected chi connectivity index (χ2v) is 6.80. The van der Waals surface area contributed by atoms with Crippen molar-refractivity contribution in [1.82, 2.24) is 10.2 Å². The molecule has 0 aliphatic carbocycles. The lowest BCUT2D eigenvalue weighted by atomic mass is 9.97. The van der Waals surface area contributed by atoms with Crippen LogP contribution in [0.2, 0.25) is 0 Å². The highest BCUT2D eigenvalue weighted by atomic mass is 127. The summed E-state index contributed by atoms with van der Waals surface area (Å²) in [5.74, 6) is 3.55. The molecule has 1 aromatic carbocycles. The zero-order valence-electron chi connectivity index (χ0n) is 15.4. The average Bonchev–Trinajstić information content (AvgIpc) is 2.99. The summed E-state index contributed by atoms with van der Waals surface area (Å²) in [4.78, 5) is 6.86. The van der Waals surface area contributed by atoms with Crippen molar-refractivity contribution in [2.45, 2.75) is 33.1 Å². The van der Waals surface area contributed by atoms with Crippen LogP contribution in [-0.4, -0.2) is 44.7 Å². The standard InChI is InChI=1S/C19H31N3O.HI/c1-15(2)13-17-10-12-22(14-17)19(20-3)21-11-9-16-5-7-18(23-4)8-6-16;/h5-8,15,17H,9-14H2,1-4H3,(H,20,21);1H. The molecule has 0 spiro atoms. The van der Waals surface area contributed by atoms with Gasteiger partial charge in [-0.25, -0.2) is 0 Å². The van der Waals surface area contributed by atoms with Gasteiger partial charge in [-0.15, -0.1) is 24.0 Å². The number of halogens is 1. The second kappa shape index (κ2) is 10.8. The van der Waals surface area contributed by atoms with Crippen molar-refractivity contribution in [3.63, 3.8) is 0 Å². The fourth-order valence-corrected chi connectivity index (χ4v) is 3.33. The van der Waals surface area contributed by atoms with E-state index in [4.69, 9.17) is 4.74 Å². The molecule has 1 atom stereocenters. The Balaban J connectivity index is 0.00000288. The minimum absolute atomic E-state index is 0. The number of likely N-dealkylation sites (tertiary alicyclic amines) is 1. The number of methoxy groups -OCH3 is 1. The van der Waals surface area contributed by atoms with Crippen molar-refractivity contribution in [2.24, 2.45) is 16.8 Å². The lowest BCUT2D eigenvalue weighted by Gasteiger charge is -2.22. The first-order chi connectivity index (χ1) is 11.1. The molecule has 1 fully saturated rings. The van der Waals surface area contributed by atoms with E-state index in [1.807, 2.05) is 19.2 Å². The Morgan fingerprint density at radius 3 is 2.62 bits per heavy atom. The van der Waals surface area contributed by atoms with Gasteiger partial charge in [0.25, 0.3) is 0 Å². The lowest BCUT2D eigenvalue weighted by Crippen LogP contribution is -2.40. The van der Waals surface area contributed by atoms with Crippen LogP contribution in [0.1, 0.15) is 32.3 Å². The van der Waals surface area contributed by atoms with E-state index in [0.29, 0.717) is 0 Å². The summed E-state index contributed by atoms with van der Waals surface area (Å²) >= 11 is 0. The van der Waals surface area contributed by atoms with Crippen LogP contribution in [0.15, 0.2) is 29.3 Å². The maximum atomic E-state index is 5.19. The molecule has 2 rings (SSSR count). The third-order valence-corrected chi connectivity index (χ3v) is 4.46. The van der Waals surface area contributed by atoms with Gasteiger partial charge in [0.1, 0.15) is 5.75 Å². The fraction of sp³-hybridized carbons (Fsp3) is 0.632. The Morgan fingerprint density at radius 1 is 1.33 bits per heavy atom. The van der Waals surface area contributed by atoms with Crippen LogP contribution in [0.5, 0.6) is 5.75 Å². The summed E-state index contributed by atoms with van der Waals surface area (Å²) < 4.78 is 5.19. The van der Waals surface area contributed by atoms with Gasteiger partial charge in [-0.05, 0) is 48.8 Å². The smallest absolute Gasteiger partial charge is 0.193 e. The Kier molecular flexibility index (Phi) is 9.48. The highest BCUT2D eigenvalue weighted by Crippen LogP contribution is 2.23. The number of nitrogens with one attached hydrogen (secondary N) is 1. The largest absolute Gasteiger partial charge is 0.497 e. The number of aliphatic imine (C=N–C) groups is 1. The normalized spacial score (nSPS) is 17.8. The molecule has 1 saturated heterocycles. The maximum absolute atomic E-state index is 5.19. The van der Waals surface area contributed by atoms with Crippen LogP contribution in [0.4, 0.5) is 0 Å². The molecule has 24 heavy (non-hydrogen) atoms. The quantitative estimate of drug-likeness (QED) is 0.411. The highest BCUT2D eigenvalue weighted by Gasteiger charge is 2.25. The maximum Gasteiger partial charge on any atom is 0.193 e. The van der Waals surface area contributed by atoms with Crippen LogP contribution in [0.25, 0.3) is 0 Å². The molecule has 0 aromatic heterocycles. The molecule has 1 heterocycles. The third-order valence-electron chi connectivity index (χ3n) is 4.46. The summed E-state index contributed by atoms with van der Waals surface area (Å²) in [6, 6.07) is 8.28. The van der Waals surface area contributed by atoms with Crippen molar-refractivity contribution in [3.05, 3.63) is 29.8 Å². The van der Waals surface area contributed by atoms with E-state index in [1.54, 1.807) is 7.11 Å². The van der Waals surface area contributed by atoms with E-state index < -0.39 is 0 Å². The summed E-state index contributed by atoms with van der Waals surface area (Å²) in [6.45, 7) is 7.79. The van der Waals surface area contributed by atoms with Crippen LogP contribution in [-0.2, 0) is 6.42 Å². The predicted octanol–water partition coefficient (Wildman–Crippen LogP) is 3.80. The van der Waals surface area contributed by atoms with Gasteiger partial charge >= 0.3 is 0 Å². The van der Waals surface area contributed by atoms with Crippen molar-refractivity contribution >= 4 is 29.9 Å². The summed E-state index contributed by atoms with van der Waals surface area (Å²) in [5, 5.41) is 3.51. The Morgan fingerprint density at radius 2 is 2.04 bits per heavy atom. The van der Waals surface area contributed by atoms with E-state index in [2.05, 4.69) is 41.2 Å². The van der Waals surface area contributed by atoms with Gasteiger partial charge in [0.15, 0.2) is 5.96 Å². The summed E-state index contributed by atoms with van der Waals surface area (Å²) in [5.41, 5.74) is 1.31. The first kappa shape index (κ1) is 21.1. The van der Waals surface area contributed by atoms with Crippen LogP contribution in [0.3, 0.4) is 0 Å². The predicted molar refractivity (Wildman–Crippen MR) is 113 cm³/mol. The number of hydrogen-bond acceptors (Lipinski definition) is 2. The van der Waals surface area contributed by atoms with Crippen LogP contribution in [0, 0.1) is 11.8 Å². The van der Waals surface area contributed by atoms with Gasteiger partial charge in [-0.2, -0.15) is 0 Å². The molecular formula is C19H32IN3O. The Hall–Kier alpha value is -0.980. The summed E-state index contributed by atoms with van der Waals surface area (Å²) in [7, 11) is 3.58. The first-order valence-corrected chi connectivity index (χ1v) is 8.71. The van der Waals surface area contributed by atoms with Gasteiger partial charge < -0.3 is 15.0 Å². The molecule has 0 saturated carbocycles. The van der Waals surface area contributed by atoms with Gasteiger partial charge in [-0.3, -0.25) is 4.99 Å². The molecule has 0 bridgehead atoms. The van der Waals surface area contributed by atoms with E-state index in [1.165, 1.54) is 18.4 Å². The molecule has 4 nitrogen and oxygen atoms in total. The molecule has 0 amide bonds. The van der Waals surface area contributed by atoms with E-state index in [9.17, 15) is 0 Å². The number of hydrogen-bond donors (Lipinski definition) is 1. The van der Waals surface area contributed by atoms with Gasteiger partial charge in [0, 0.05) is 26.7 Å². The first-order valence-electron chi connectivity index (χ1n) is 8.71. The minimum atomic E-state index is 0. The number of guanidine groups is 1. The topological polar surface area (TPSA) is 36.9 Å². The van der Waals surface area contributed by atoms with Crippen molar-refractivity contribution < 1.29 is 4.74 Å². The Bertz CT molecular complexity index is 502. The molecule has 1 aliphatic heterocycles. The van der Waals surface area contributed by atoms with E-state index >= 15 is 0 Å². The van der Waals surface area contributed by atoms with Crippen molar-refractivity contribution in [1.29, 1.82) is 0 Å². The van der Waals surface area contributed by atoms with Crippen LogP contribution < -0.4 is 10.1 Å². The summed E-state index contributed by atoms with van der Waals surface area (Å²) in [6.07, 6.45) is 3.60. The molecule has 1 aliphatic rings. The molecule has 0 radical (unpaired) electrons. The van der Waals surface area contributed by atoms with Gasteiger partial charge in [0.2, 0.25) is 0 Å². The highest BCUT2D eigenvalue weighted by molar-refractivity contribution is 14.0. The van der Waals surface area contributed by atoms with Gasteiger partial charge in [0.05, 0.1) is 7.11 Å².